The van der Waals surface area contributed by atoms with E-state index in [-0.39, 0.29) is 12.4 Å². The highest BCUT2D eigenvalue weighted by Crippen LogP contribution is 2.23. The molecule has 5 heteroatoms. The van der Waals surface area contributed by atoms with Crippen molar-refractivity contribution in [1.29, 1.82) is 0 Å². The second kappa shape index (κ2) is 9.25. The van der Waals surface area contributed by atoms with Crippen LogP contribution in [0.3, 0.4) is 0 Å². The van der Waals surface area contributed by atoms with Gasteiger partial charge in [0.1, 0.15) is 18.1 Å². The van der Waals surface area contributed by atoms with Crippen LogP contribution in [0.5, 0.6) is 11.5 Å². The molecule has 2 aromatic rings. The molecule has 0 atom stereocenters. The van der Waals surface area contributed by atoms with Crippen LogP contribution in [-0.4, -0.2) is 24.9 Å². The molecule has 0 spiro atoms. The van der Waals surface area contributed by atoms with Gasteiger partial charge in [-0.05, 0) is 30.2 Å². The maximum atomic E-state index is 11.6. The third-order valence-corrected chi connectivity index (χ3v) is 3.33. The molecule has 0 unspecified atom stereocenters. The van der Waals surface area contributed by atoms with Crippen molar-refractivity contribution >= 4 is 12.2 Å². The lowest BCUT2D eigenvalue weighted by Crippen LogP contribution is -2.24. The van der Waals surface area contributed by atoms with Gasteiger partial charge in [0.25, 0.3) is 0 Å². The molecule has 0 bridgehead atoms. The zero-order chi connectivity index (χ0) is 17.2. The highest BCUT2D eigenvalue weighted by Gasteiger charge is 2.01. The molecule has 0 aliphatic heterocycles. The molecule has 0 aromatic heterocycles. The first kappa shape index (κ1) is 17.4. The van der Waals surface area contributed by atoms with Crippen molar-refractivity contribution in [2.75, 3.05) is 13.7 Å². The van der Waals surface area contributed by atoms with Crippen molar-refractivity contribution < 1.29 is 19.4 Å². The first-order chi connectivity index (χ1) is 11.7. The summed E-state index contributed by atoms with van der Waals surface area (Å²) in [5.74, 6) is 0.859. The van der Waals surface area contributed by atoms with E-state index in [1.54, 1.807) is 31.4 Å². The van der Waals surface area contributed by atoms with Gasteiger partial charge in [0.05, 0.1) is 7.11 Å². The first-order valence-corrected chi connectivity index (χ1v) is 7.67. The van der Waals surface area contributed by atoms with Crippen molar-refractivity contribution in [1.82, 2.24) is 5.32 Å². The number of aromatic hydroxyl groups is 1. The SMILES string of the molecule is COc1ccc(O)c(C=CCCNC(=O)OCc2ccccc2)c1. The number of ether oxygens (including phenoxy) is 2. The van der Waals surface area contributed by atoms with E-state index in [1.165, 1.54) is 0 Å². The van der Waals surface area contributed by atoms with Crippen LogP contribution < -0.4 is 10.1 Å². The highest BCUT2D eigenvalue weighted by molar-refractivity contribution is 5.67. The van der Waals surface area contributed by atoms with Gasteiger partial charge in [-0.15, -0.1) is 0 Å². The molecule has 0 saturated carbocycles. The smallest absolute Gasteiger partial charge is 0.407 e. The second-order valence-corrected chi connectivity index (χ2v) is 5.10. The van der Waals surface area contributed by atoms with Crippen molar-refractivity contribution in [2.24, 2.45) is 0 Å². The van der Waals surface area contributed by atoms with Crippen LogP contribution in [0.15, 0.2) is 54.6 Å². The van der Waals surface area contributed by atoms with Crippen LogP contribution in [0.2, 0.25) is 0 Å². The van der Waals surface area contributed by atoms with Gasteiger partial charge < -0.3 is 19.9 Å². The summed E-state index contributed by atoms with van der Waals surface area (Å²) in [6.45, 7) is 0.703. The quantitative estimate of drug-likeness (QED) is 0.760. The average molecular weight is 327 g/mol. The topological polar surface area (TPSA) is 67.8 Å². The molecular weight excluding hydrogens is 306 g/mol. The Kier molecular flexibility index (Phi) is 6.71. The van der Waals surface area contributed by atoms with Gasteiger partial charge in [0.2, 0.25) is 0 Å². The van der Waals surface area contributed by atoms with E-state index in [9.17, 15) is 9.90 Å². The molecule has 2 N–H and O–H groups in total. The van der Waals surface area contributed by atoms with E-state index in [2.05, 4.69) is 5.32 Å². The van der Waals surface area contributed by atoms with Gasteiger partial charge in [-0.3, -0.25) is 0 Å². The summed E-state index contributed by atoms with van der Waals surface area (Å²) in [5, 5.41) is 12.4. The molecule has 0 fully saturated rings. The lowest BCUT2D eigenvalue weighted by atomic mass is 10.1. The Bertz CT molecular complexity index is 683. The Morgan fingerprint density at radius 2 is 2.00 bits per heavy atom. The molecule has 0 aliphatic carbocycles. The summed E-state index contributed by atoms with van der Waals surface area (Å²) in [5.41, 5.74) is 1.61. The van der Waals surface area contributed by atoms with Crippen LogP contribution >= 0.6 is 0 Å². The molecular formula is C19H21NO4. The Labute approximate surface area is 141 Å². The summed E-state index contributed by atoms with van der Waals surface area (Å²) in [6, 6.07) is 14.5. The normalized spacial score (nSPS) is 10.5. The molecule has 0 heterocycles. The number of phenolic OH excluding ortho intramolecular Hbond substituents is 1. The van der Waals surface area contributed by atoms with E-state index in [0.717, 1.165) is 5.56 Å². The predicted octanol–water partition coefficient (Wildman–Crippen LogP) is 3.73. The van der Waals surface area contributed by atoms with E-state index in [0.29, 0.717) is 24.3 Å². The van der Waals surface area contributed by atoms with E-state index < -0.39 is 6.09 Å². The lowest BCUT2D eigenvalue weighted by Gasteiger charge is -2.06. The average Bonchev–Trinajstić information content (AvgIpc) is 2.62. The maximum Gasteiger partial charge on any atom is 0.407 e. The predicted molar refractivity (Wildman–Crippen MR) is 92.9 cm³/mol. The standard InChI is InChI=1S/C19H21NO4/c1-23-17-10-11-18(21)16(13-17)9-5-6-12-20-19(22)24-14-15-7-3-2-4-8-15/h2-5,7-11,13,21H,6,12,14H2,1H3,(H,20,22). The number of hydrogen-bond donors (Lipinski definition) is 2. The molecule has 24 heavy (non-hydrogen) atoms. The lowest BCUT2D eigenvalue weighted by molar-refractivity contribution is 0.140. The highest BCUT2D eigenvalue weighted by atomic mass is 16.5. The van der Waals surface area contributed by atoms with E-state index in [1.807, 2.05) is 36.4 Å². The molecule has 0 radical (unpaired) electrons. The summed E-state index contributed by atoms with van der Waals surface area (Å²) in [6.07, 6.45) is 3.83. The van der Waals surface area contributed by atoms with Gasteiger partial charge in [-0.25, -0.2) is 4.79 Å². The molecule has 0 saturated heterocycles. The van der Waals surface area contributed by atoms with Crippen LogP contribution in [0, 0.1) is 0 Å². The Balaban J connectivity index is 1.69. The number of hydrogen-bond acceptors (Lipinski definition) is 4. The maximum absolute atomic E-state index is 11.6. The third kappa shape index (κ3) is 5.68. The summed E-state index contributed by atoms with van der Waals surface area (Å²) in [4.78, 5) is 11.6. The number of amides is 1. The molecule has 1 amide bonds. The molecule has 126 valence electrons. The summed E-state index contributed by atoms with van der Waals surface area (Å²) < 4.78 is 10.2. The van der Waals surface area contributed by atoms with Gasteiger partial charge >= 0.3 is 6.09 Å². The molecule has 2 aromatic carbocycles. The number of carbonyl (C=O) groups is 1. The Morgan fingerprint density at radius 3 is 2.75 bits per heavy atom. The van der Waals surface area contributed by atoms with Gasteiger partial charge in [-0.2, -0.15) is 0 Å². The fourth-order valence-corrected chi connectivity index (χ4v) is 2.04. The van der Waals surface area contributed by atoms with Gasteiger partial charge in [-0.1, -0.05) is 42.5 Å². The number of methoxy groups -OCH3 is 1. The van der Waals surface area contributed by atoms with Crippen molar-refractivity contribution in [3.05, 3.63) is 65.7 Å². The van der Waals surface area contributed by atoms with Crippen LogP contribution in [0.4, 0.5) is 4.79 Å². The van der Waals surface area contributed by atoms with E-state index in [4.69, 9.17) is 9.47 Å². The molecule has 0 aliphatic rings. The third-order valence-electron chi connectivity index (χ3n) is 3.33. The molecule has 2 rings (SSSR count). The number of carbonyl (C=O) groups excluding carboxylic acids is 1. The van der Waals surface area contributed by atoms with Crippen LogP contribution in [0.25, 0.3) is 6.08 Å². The van der Waals surface area contributed by atoms with Gasteiger partial charge in [0.15, 0.2) is 0 Å². The van der Waals surface area contributed by atoms with Crippen LogP contribution in [-0.2, 0) is 11.3 Å². The zero-order valence-electron chi connectivity index (χ0n) is 13.6. The molecule has 5 nitrogen and oxygen atoms in total. The number of nitrogens with one attached hydrogen (secondary N) is 1. The number of rotatable bonds is 7. The minimum atomic E-state index is -0.448. The van der Waals surface area contributed by atoms with Crippen molar-refractivity contribution in [3.63, 3.8) is 0 Å². The van der Waals surface area contributed by atoms with Crippen LogP contribution in [0.1, 0.15) is 17.5 Å². The second-order valence-electron chi connectivity index (χ2n) is 5.10. The summed E-state index contributed by atoms with van der Waals surface area (Å²) >= 11 is 0. The number of alkyl carbamates (subject to hydrolysis) is 1. The van der Waals surface area contributed by atoms with E-state index >= 15 is 0 Å². The fourth-order valence-electron chi connectivity index (χ4n) is 2.04. The largest absolute Gasteiger partial charge is 0.507 e. The minimum absolute atomic E-state index is 0.183. The number of benzene rings is 2. The summed E-state index contributed by atoms with van der Waals surface area (Å²) in [7, 11) is 1.57. The fraction of sp³-hybridized carbons (Fsp3) is 0.211. The van der Waals surface area contributed by atoms with Crippen molar-refractivity contribution in [2.45, 2.75) is 13.0 Å². The van der Waals surface area contributed by atoms with Gasteiger partial charge in [0, 0.05) is 12.1 Å². The Hall–Kier alpha value is -2.95. The van der Waals surface area contributed by atoms with Crippen molar-refractivity contribution in [3.8, 4) is 11.5 Å². The first-order valence-electron chi connectivity index (χ1n) is 7.67. The zero-order valence-corrected chi connectivity index (χ0v) is 13.6. The number of phenols is 1. The monoisotopic (exact) mass is 327 g/mol. The minimum Gasteiger partial charge on any atom is -0.507 e. The Morgan fingerprint density at radius 1 is 1.21 bits per heavy atom.